The number of alkyl halides is 3. The van der Waals surface area contributed by atoms with Gasteiger partial charge in [0.05, 0.1) is 4.92 Å². The number of hydrogen-bond donors (Lipinski definition) is 0. The van der Waals surface area contributed by atoms with Crippen molar-refractivity contribution >= 4 is 11.6 Å². The van der Waals surface area contributed by atoms with Crippen LogP contribution in [0.25, 0.3) is 0 Å². The first-order valence-electron chi connectivity index (χ1n) is 5.70. The minimum Gasteiger partial charge on any atom is -0.335 e. The molecule has 0 aliphatic heterocycles. The van der Waals surface area contributed by atoms with Gasteiger partial charge in [-0.3, -0.25) is 14.9 Å². The van der Waals surface area contributed by atoms with E-state index in [0.717, 1.165) is 7.05 Å². The van der Waals surface area contributed by atoms with Crippen LogP contribution in [0.4, 0.5) is 18.9 Å². The van der Waals surface area contributed by atoms with E-state index in [1.807, 2.05) is 0 Å². The summed E-state index contributed by atoms with van der Waals surface area (Å²) in [6.45, 7) is 1.48. The van der Waals surface area contributed by atoms with Crippen LogP contribution in [0.2, 0.25) is 0 Å². The van der Waals surface area contributed by atoms with E-state index in [0.29, 0.717) is 10.5 Å². The van der Waals surface area contributed by atoms with E-state index >= 15 is 0 Å². The number of non-ortho nitro benzene ring substituents is 1. The van der Waals surface area contributed by atoms with E-state index in [-0.39, 0.29) is 12.1 Å². The fourth-order valence-corrected chi connectivity index (χ4v) is 1.63. The molecule has 0 bridgehead atoms. The molecular formula is C12H13F3N2O3. The van der Waals surface area contributed by atoms with Crippen molar-refractivity contribution in [3.05, 3.63) is 39.9 Å². The fourth-order valence-electron chi connectivity index (χ4n) is 1.63. The first kappa shape index (κ1) is 15.9. The molecule has 5 nitrogen and oxygen atoms in total. The molecule has 0 N–H and O–H groups in total. The third-order valence-electron chi connectivity index (χ3n) is 2.90. The molecular weight excluding hydrogens is 277 g/mol. The molecule has 0 saturated heterocycles. The smallest absolute Gasteiger partial charge is 0.335 e. The summed E-state index contributed by atoms with van der Waals surface area (Å²) in [7, 11) is 1.08. The van der Waals surface area contributed by atoms with Crippen LogP contribution in [-0.4, -0.2) is 35.0 Å². The van der Waals surface area contributed by atoms with E-state index in [1.165, 1.54) is 31.2 Å². The Morgan fingerprint density at radius 2 is 1.85 bits per heavy atom. The number of halogens is 3. The van der Waals surface area contributed by atoms with Gasteiger partial charge in [-0.1, -0.05) is 12.1 Å². The number of amides is 1. The SMILES string of the molecule is CC(Cc1ccc([N+](=O)[O-])cc1)N(C)C(=O)C(F)(F)F. The zero-order chi connectivity index (χ0) is 15.5. The number of nitro benzene ring substituents is 1. The second-order valence-electron chi connectivity index (χ2n) is 4.39. The molecule has 0 aliphatic carbocycles. The Morgan fingerprint density at radius 3 is 2.25 bits per heavy atom. The standard InChI is InChI=1S/C12H13F3N2O3/c1-8(16(2)11(18)12(13,14)15)7-9-3-5-10(6-4-9)17(19)20/h3-6,8H,7H2,1-2H3. The van der Waals surface area contributed by atoms with Gasteiger partial charge in [0, 0.05) is 25.2 Å². The van der Waals surface area contributed by atoms with Crippen LogP contribution in [0, 0.1) is 10.1 Å². The van der Waals surface area contributed by atoms with Crippen molar-refractivity contribution in [2.24, 2.45) is 0 Å². The highest BCUT2D eigenvalue weighted by atomic mass is 19.4. The van der Waals surface area contributed by atoms with Crippen molar-refractivity contribution in [2.45, 2.75) is 25.6 Å². The quantitative estimate of drug-likeness (QED) is 0.632. The molecule has 0 saturated carbocycles. The lowest BCUT2D eigenvalue weighted by molar-refractivity contribution is -0.384. The Kier molecular flexibility index (Phi) is 4.69. The zero-order valence-corrected chi connectivity index (χ0v) is 10.8. The number of hydrogen-bond acceptors (Lipinski definition) is 3. The van der Waals surface area contributed by atoms with Gasteiger partial charge >= 0.3 is 12.1 Å². The van der Waals surface area contributed by atoms with Crippen molar-refractivity contribution < 1.29 is 22.9 Å². The second kappa shape index (κ2) is 5.89. The van der Waals surface area contributed by atoms with Crippen LogP contribution < -0.4 is 0 Å². The van der Waals surface area contributed by atoms with E-state index in [1.54, 1.807) is 0 Å². The number of nitrogens with zero attached hydrogens (tertiary/aromatic N) is 2. The summed E-state index contributed by atoms with van der Waals surface area (Å²) in [6, 6.07) is 4.79. The van der Waals surface area contributed by atoms with Crippen LogP contribution >= 0.6 is 0 Å². The molecule has 20 heavy (non-hydrogen) atoms. The van der Waals surface area contributed by atoms with Gasteiger partial charge in [0.15, 0.2) is 0 Å². The first-order valence-corrected chi connectivity index (χ1v) is 5.70. The van der Waals surface area contributed by atoms with E-state index in [4.69, 9.17) is 0 Å². The summed E-state index contributed by atoms with van der Waals surface area (Å²) in [6.07, 6.45) is -4.73. The molecule has 0 aromatic heterocycles. The van der Waals surface area contributed by atoms with Crippen molar-refractivity contribution in [1.82, 2.24) is 4.90 Å². The second-order valence-corrected chi connectivity index (χ2v) is 4.39. The van der Waals surface area contributed by atoms with Crippen molar-refractivity contribution in [3.63, 3.8) is 0 Å². The Morgan fingerprint density at radius 1 is 1.35 bits per heavy atom. The lowest BCUT2D eigenvalue weighted by Crippen LogP contribution is -2.44. The van der Waals surface area contributed by atoms with Gasteiger partial charge in [0.2, 0.25) is 0 Å². The third-order valence-corrected chi connectivity index (χ3v) is 2.90. The number of benzene rings is 1. The summed E-state index contributed by atoms with van der Waals surface area (Å²) in [4.78, 5) is 21.6. The van der Waals surface area contributed by atoms with Crippen LogP contribution in [0.1, 0.15) is 12.5 Å². The summed E-state index contributed by atoms with van der Waals surface area (Å²) >= 11 is 0. The number of nitro groups is 1. The first-order chi connectivity index (χ1) is 9.12. The molecule has 1 amide bonds. The van der Waals surface area contributed by atoms with Gasteiger partial charge in [-0.05, 0) is 18.9 Å². The van der Waals surface area contributed by atoms with Crippen LogP contribution in [0.5, 0.6) is 0 Å². The number of carbonyl (C=O) groups is 1. The summed E-state index contributed by atoms with van der Waals surface area (Å²) in [5, 5.41) is 10.5. The van der Waals surface area contributed by atoms with Gasteiger partial charge in [0.25, 0.3) is 5.69 Å². The van der Waals surface area contributed by atoms with Crippen molar-refractivity contribution in [1.29, 1.82) is 0 Å². The predicted octanol–water partition coefficient (Wildman–Crippen LogP) is 2.55. The molecule has 1 aromatic rings. The average molecular weight is 290 g/mol. The molecule has 0 aliphatic rings. The average Bonchev–Trinajstić information content (AvgIpc) is 2.36. The molecule has 8 heteroatoms. The molecule has 1 atom stereocenters. The Hall–Kier alpha value is -2.12. The summed E-state index contributed by atoms with van der Waals surface area (Å²) in [5.74, 6) is -1.91. The predicted molar refractivity (Wildman–Crippen MR) is 65.1 cm³/mol. The molecule has 1 aromatic carbocycles. The largest absolute Gasteiger partial charge is 0.471 e. The molecule has 0 heterocycles. The van der Waals surface area contributed by atoms with Gasteiger partial charge < -0.3 is 4.90 Å². The zero-order valence-electron chi connectivity index (χ0n) is 10.8. The minimum atomic E-state index is -4.90. The van der Waals surface area contributed by atoms with Crippen molar-refractivity contribution in [3.8, 4) is 0 Å². The van der Waals surface area contributed by atoms with Gasteiger partial charge in [-0.25, -0.2) is 0 Å². The normalized spacial score (nSPS) is 12.8. The Bertz CT molecular complexity index is 500. The number of likely N-dealkylation sites (N-methyl/N-ethyl adjacent to an activating group) is 1. The van der Waals surface area contributed by atoms with Gasteiger partial charge in [-0.15, -0.1) is 0 Å². The fraction of sp³-hybridized carbons (Fsp3) is 0.417. The Balaban J connectivity index is 2.73. The molecule has 0 spiro atoms. The highest BCUT2D eigenvalue weighted by Crippen LogP contribution is 2.20. The topological polar surface area (TPSA) is 63.5 Å². The summed E-state index contributed by atoms with van der Waals surface area (Å²) < 4.78 is 36.8. The highest BCUT2D eigenvalue weighted by Gasteiger charge is 2.42. The Labute approximate surface area is 113 Å². The van der Waals surface area contributed by atoms with Crippen molar-refractivity contribution in [2.75, 3.05) is 7.05 Å². The van der Waals surface area contributed by atoms with E-state index in [9.17, 15) is 28.1 Å². The lowest BCUT2D eigenvalue weighted by Gasteiger charge is -2.25. The number of rotatable bonds is 4. The van der Waals surface area contributed by atoms with Crippen LogP contribution in [0.15, 0.2) is 24.3 Å². The maximum Gasteiger partial charge on any atom is 0.471 e. The van der Waals surface area contributed by atoms with Gasteiger partial charge in [0.1, 0.15) is 0 Å². The third kappa shape index (κ3) is 3.94. The molecule has 110 valence electrons. The van der Waals surface area contributed by atoms with Gasteiger partial charge in [-0.2, -0.15) is 13.2 Å². The van der Waals surface area contributed by atoms with Crippen LogP contribution in [0.3, 0.4) is 0 Å². The maximum atomic E-state index is 12.3. The maximum absolute atomic E-state index is 12.3. The molecule has 0 radical (unpaired) electrons. The minimum absolute atomic E-state index is 0.0962. The molecule has 0 fully saturated rings. The lowest BCUT2D eigenvalue weighted by atomic mass is 10.1. The monoisotopic (exact) mass is 290 g/mol. The number of carbonyl (C=O) groups excluding carboxylic acids is 1. The van der Waals surface area contributed by atoms with Crippen LogP contribution in [-0.2, 0) is 11.2 Å². The summed E-state index contributed by atoms with van der Waals surface area (Å²) in [5.41, 5.74) is 0.519. The van der Waals surface area contributed by atoms with E-state index < -0.39 is 23.0 Å². The molecule has 1 unspecified atom stereocenters. The van der Waals surface area contributed by atoms with E-state index in [2.05, 4.69) is 0 Å². The highest BCUT2D eigenvalue weighted by molar-refractivity contribution is 5.81. The molecule has 1 rings (SSSR count).